The van der Waals surface area contributed by atoms with Crippen molar-refractivity contribution in [1.82, 2.24) is 15.2 Å². The van der Waals surface area contributed by atoms with Gasteiger partial charge in [-0.05, 0) is 25.5 Å². The number of carbonyl (C=O) groups is 1. The van der Waals surface area contributed by atoms with Crippen LogP contribution in [0.5, 0.6) is 5.75 Å². The van der Waals surface area contributed by atoms with Gasteiger partial charge >= 0.3 is 0 Å². The Morgan fingerprint density at radius 3 is 2.82 bits per heavy atom. The van der Waals surface area contributed by atoms with Crippen molar-refractivity contribution < 1.29 is 14.2 Å². The molecular weight excluding hydrogens is 306 g/mol. The monoisotopic (exact) mass is 323 g/mol. The molecule has 0 aliphatic rings. The van der Waals surface area contributed by atoms with Crippen LogP contribution in [0.1, 0.15) is 17.8 Å². The molecule has 0 aliphatic carbocycles. The number of halogens is 1. The molecule has 0 aliphatic heterocycles. The SMILES string of the molecule is Cc1nonc1CC(=O)N(C)CCCOc1ccccc1Cl. The van der Waals surface area contributed by atoms with Gasteiger partial charge in [0.05, 0.1) is 18.1 Å². The molecule has 1 amide bonds. The molecule has 1 aromatic heterocycles. The van der Waals surface area contributed by atoms with Crippen LogP contribution >= 0.6 is 11.6 Å². The van der Waals surface area contributed by atoms with Gasteiger partial charge in [0.1, 0.15) is 17.1 Å². The largest absolute Gasteiger partial charge is 0.492 e. The van der Waals surface area contributed by atoms with Crippen LogP contribution in [0, 0.1) is 6.92 Å². The third kappa shape index (κ3) is 4.46. The number of aryl methyl sites for hydroxylation is 1. The van der Waals surface area contributed by atoms with E-state index < -0.39 is 0 Å². The second-order valence-corrected chi connectivity index (χ2v) is 5.33. The van der Waals surface area contributed by atoms with E-state index in [1.165, 1.54) is 0 Å². The van der Waals surface area contributed by atoms with Gasteiger partial charge in [-0.25, -0.2) is 4.63 Å². The first kappa shape index (κ1) is 16.3. The first-order chi connectivity index (χ1) is 10.6. The van der Waals surface area contributed by atoms with Gasteiger partial charge in [0.25, 0.3) is 0 Å². The zero-order chi connectivity index (χ0) is 15.9. The predicted molar refractivity (Wildman–Crippen MR) is 81.9 cm³/mol. The summed E-state index contributed by atoms with van der Waals surface area (Å²) < 4.78 is 10.2. The van der Waals surface area contributed by atoms with Crippen LogP contribution in [0.2, 0.25) is 5.02 Å². The Bertz CT molecular complexity index is 630. The number of hydrogen-bond donors (Lipinski definition) is 0. The van der Waals surface area contributed by atoms with Gasteiger partial charge < -0.3 is 9.64 Å². The van der Waals surface area contributed by atoms with E-state index in [1.54, 1.807) is 24.9 Å². The number of ether oxygens (including phenoxy) is 1. The average Bonchev–Trinajstić information content (AvgIpc) is 2.90. The van der Waals surface area contributed by atoms with E-state index in [0.717, 1.165) is 0 Å². The minimum Gasteiger partial charge on any atom is -0.492 e. The molecule has 22 heavy (non-hydrogen) atoms. The third-order valence-corrected chi connectivity index (χ3v) is 3.54. The summed E-state index contributed by atoms with van der Waals surface area (Å²) in [6, 6.07) is 7.31. The van der Waals surface area contributed by atoms with Crippen molar-refractivity contribution in [3.63, 3.8) is 0 Å². The van der Waals surface area contributed by atoms with Crippen molar-refractivity contribution in [2.75, 3.05) is 20.2 Å². The van der Waals surface area contributed by atoms with Crippen LogP contribution in [-0.4, -0.2) is 41.3 Å². The zero-order valence-electron chi connectivity index (χ0n) is 12.6. The molecule has 7 heteroatoms. The molecule has 0 unspecified atom stereocenters. The van der Waals surface area contributed by atoms with Crippen molar-refractivity contribution in [3.05, 3.63) is 40.7 Å². The number of likely N-dealkylation sites (N-methyl/N-ethyl adjacent to an activating group) is 1. The Morgan fingerprint density at radius 1 is 1.36 bits per heavy atom. The molecule has 2 rings (SSSR count). The zero-order valence-corrected chi connectivity index (χ0v) is 13.3. The minimum absolute atomic E-state index is 0.0310. The Labute approximate surface area is 134 Å². The summed E-state index contributed by atoms with van der Waals surface area (Å²) in [5, 5.41) is 7.95. The van der Waals surface area contributed by atoms with Crippen molar-refractivity contribution in [2.45, 2.75) is 19.8 Å². The molecule has 0 atom stereocenters. The molecule has 0 bridgehead atoms. The van der Waals surface area contributed by atoms with Gasteiger partial charge in [0.2, 0.25) is 5.91 Å². The lowest BCUT2D eigenvalue weighted by Gasteiger charge is -2.16. The molecule has 6 nitrogen and oxygen atoms in total. The van der Waals surface area contributed by atoms with Crippen LogP contribution < -0.4 is 4.74 Å². The molecule has 0 saturated carbocycles. The van der Waals surface area contributed by atoms with Gasteiger partial charge in [-0.15, -0.1) is 0 Å². The number of nitrogens with zero attached hydrogens (tertiary/aromatic N) is 3. The minimum atomic E-state index is -0.0310. The molecule has 0 radical (unpaired) electrons. The number of aromatic nitrogens is 2. The van der Waals surface area contributed by atoms with E-state index in [2.05, 4.69) is 14.9 Å². The highest BCUT2D eigenvalue weighted by atomic mass is 35.5. The summed E-state index contributed by atoms with van der Waals surface area (Å²) in [6.07, 6.45) is 0.903. The summed E-state index contributed by atoms with van der Waals surface area (Å²) in [5.41, 5.74) is 1.22. The first-order valence-electron chi connectivity index (χ1n) is 6.97. The summed E-state index contributed by atoms with van der Waals surface area (Å²) >= 11 is 6.00. The quantitative estimate of drug-likeness (QED) is 0.732. The smallest absolute Gasteiger partial charge is 0.228 e. The van der Waals surface area contributed by atoms with Crippen molar-refractivity contribution in [3.8, 4) is 5.75 Å². The molecule has 2 aromatic rings. The number of carbonyl (C=O) groups excluding carboxylic acids is 1. The highest BCUT2D eigenvalue weighted by molar-refractivity contribution is 6.32. The van der Waals surface area contributed by atoms with Gasteiger partial charge in [0.15, 0.2) is 0 Å². The summed E-state index contributed by atoms with van der Waals surface area (Å²) in [7, 11) is 1.75. The maximum absolute atomic E-state index is 12.0. The number of benzene rings is 1. The molecular formula is C15H18ClN3O3. The average molecular weight is 324 g/mol. The van der Waals surface area contributed by atoms with E-state index >= 15 is 0 Å². The van der Waals surface area contributed by atoms with E-state index in [0.29, 0.717) is 41.7 Å². The normalized spacial score (nSPS) is 10.5. The maximum Gasteiger partial charge on any atom is 0.228 e. The highest BCUT2D eigenvalue weighted by Gasteiger charge is 2.14. The van der Waals surface area contributed by atoms with Gasteiger partial charge in [-0.3, -0.25) is 4.79 Å². The van der Waals surface area contributed by atoms with E-state index in [4.69, 9.17) is 16.3 Å². The Balaban J connectivity index is 1.71. The fraction of sp³-hybridized carbons (Fsp3) is 0.400. The van der Waals surface area contributed by atoms with Crippen LogP contribution in [0.4, 0.5) is 0 Å². The van der Waals surface area contributed by atoms with E-state index in [1.807, 2.05) is 18.2 Å². The highest BCUT2D eigenvalue weighted by Crippen LogP contribution is 2.23. The molecule has 0 saturated heterocycles. The summed E-state index contributed by atoms with van der Waals surface area (Å²) in [4.78, 5) is 13.7. The van der Waals surface area contributed by atoms with Gasteiger partial charge in [-0.2, -0.15) is 0 Å². The van der Waals surface area contributed by atoms with Crippen molar-refractivity contribution in [2.24, 2.45) is 0 Å². The van der Waals surface area contributed by atoms with Crippen LogP contribution in [-0.2, 0) is 11.2 Å². The van der Waals surface area contributed by atoms with Crippen LogP contribution in [0.15, 0.2) is 28.9 Å². The summed E-state index contributed by atoms with van der Waals surface area (Å²) in [6.45, 7) is 2.84. The Hall–Kier alpha value is -2.08. The maximum atomic E-state index is 12.0. The second kappa shape index (κ2) is 7.79. The van der Waals surface area contributed by atoms with Gasteiger partial charge in [0, 0.05) is 13.6 Å². The van der Waals surface area contributed by atoms with E-state index in [-0.39, 0.29) is 12.3 Å². The van der Waals surface area contributed by atoms with Crippen molar-refractivity contribution >= 4 is 17.5 Å². The topological polar surface area (TPSA) is 68.5 Å². The standard InChI is InChI=1S/C15H18ClN3O3/c1-11-13(18-22-17-11)10-15(20)19(2)8-5-9-21-14-7-4-3-6-12(14)16/h3-4,6-7H,5,8-10H2,1-2H3. The number of para-hydroxylation sites is 1. The molecule has 1 aromatic carbocycles. The fourth-order valence-corrected chi connectivity index (χ4v) is 2.05. The molecule has 1 heterocycles. The number of rotatable bonds is 7. The lowest BCUT2D eigenvalue weighted by molar-refractivity contribution is -0.129. The van der Waals surface area contributed by atoms with Crippen LogP contribution in [0.3, 0.4) is 0 Å². The fourth-order valence-electron chi connectivity index (χ4n) is 1.86. The molecule has 0 fully saturated rings. The Morgan fingerprint density at radius 2 is 2.14 bits per heavy atom. The van der Waals surface area contributed by atoms with Gasteiger partial charge in [-0.1, -0.05) is 34.0 Å². The van der Waals surface area contributed by atoms with Crippen molar-refractivity contribution in [1.29, 1.82) is 0 Å². The third-order valence-electron chi connectivity index (χ3n) is 3.22. The molecule has 118 valence electrons. The lowest BCUT2D eigenvalue weighted by Crippen LogP contribution is -2.30. The van der Waals surface area contributed by atoms with E-state index in [9.17, 15) is 4.79 Å². The van der Waals surface area contributed by atoms with Crippen LogP contribution in [0.25, 0.3) is 0 Å². The lowest BCUT2D eigenvalue weighted by atomic mass is 10.2. The second-order valence-electron chi connectivity index (χ2n) is 4.92. The Kier molecular flexibility index (Phi) is 5.77. The number of hydrogen-bond acceptors (Lipinski definition) is 5. The molecule has 0 N–H and O–H groups in total. The predicted octanol–water partition coefficient (Wildman–Crippen LogP) is 2.50. The first-order valence-corrected chi connectivity index (χ1v) is 7.35. The number of amides is 1. The molecule has 0 spiro atoms. The summed E-state index contributed by atoms with van der Waals surface area (Å²) in [5.74, 6) is 0.624.